The van der Waals surface area contributed by atoms with E-state index in [9.17, 15) is 13.9 Å². The van der Waals surface area contributed by atoms with E-state index < -0.39 is 17.4 Å². The fourth-order valence-electron chi connectivity index (χ4n) is 2.51. The van der Waals surface area contributed by atoms with Gasteiger partial charge in [0.1, 0.15) is 5.82 Å². The van der Waals surface area contributed by atoms with E-state index in [-0.39, 0.29) is 36.4 Å². The van der Waals surface area contributed by atoms with Crippen molar-refractivity contribution in [3.05, 3.63) is 29.3 Å². The second-order valence-corrected chi connectivity index (χ2v) is 4.50. The van der Waals surface area contributed by atoms with Crippen LogP contribution in [0, 0.1) is 11.6 Å². The second kappa shape index (κ2) is 8.62. The maximum atomic E-state index is 13.9. The van der Waals surface area contributed by atoms with Crippen LogP contribution in [0.4, 0.5) is 8.78 Å². The Hall–Kier alpha value is -0.620. The fraction of sp³-hybridized carbons (Fsp3) is 0.538. The number of phenols is 1. The highest BCUT2D eigenvalue weighted by Gasteiger charge is 2.27. The Kier molecular flexibility index (Phi) is 8.35. The molecule has 0 aliphatic carbocycles. The van der Waals surface area contributed by atoms with Gasteiger partial charge in [-0.15, -0.1) is 24.8 Å². The van der Waals surface area contributed by atoms with E-state index in [2.05, 4.69) is 10.2 Å². The molecule has 1 heterocycles. The number of rotatable bonds is 3. The van der Waals surface area contributed by atoms with E-state index in [4.69, 9.17) is 0 Å². The normalized spacial score (nSPS) is 16.9. The van der Waals surface area contributed by atoms with Gasteiger partial charge in [-0.2, -0.15) is 0 Å². The molecular weight excluding hydrogens is 309 g/mol. The molecule has 1 aromatic carbocycles. The number of nitrogens with one attached hydrogen (secondary N) is 1. The predicted octanol–water partition coefficient (Wildman–Crippen LogP) is 2.87. The van der Waals surface area contributed by atoms with E-state index in [1.165, 1.54) is 0 Å². The van der Waals surface area contributed by atoms with Crippen LogP contribution in [0.5, 0.6) is 5.75 Å². The SMILES string of the molecule is CC[C@H](c1c(F)ccc(F)c1O)N1CCNCC1.Cl.Cl. The summed E-state index contributed by atoms with van der Waals surface area (Å²) < 4.78 is 27.2. The molecule has 0 spiro atoms. The lowest BCUT2D eigenvalue weighted by atomic mass is 10.00. The van der Waals surface area contributed by atoms with Crippen LogP contribution in [0.15, 0.2) is 12.1 Å². The predicted molar refractivity (Wildman–Crippen MR) is 80.0 cm³/mol. The van der Waals surface area contributed by atoms with Crippen molar-refractivity contribution < 1.29 is 13.9 Å². The summed E-state index contributed by atoms with van der Waals surface area (Å²) in [6.45, 7) is 5.11. The van der Waals surface area contributed by atoms with Crippen LogP contribution in [0.3, 0.4) is 0 Å². The Bertz CT molecular complexity index is 429. The minimum Gasteiger partial charge on any atom is -0.505 e. The zero-order valence-electron chi connectivity index (χ0n) is 11.2. The first kappa shape index (κ1) is 19.4. The summed E-state index contributed by atoms with van der Waals surface area (Å²) in [6, 6.07) is 1.76. The Morgan fingerprint density at radius 1 is 1.20 bits per heavy atom. The molecule has 0 saturated carbocycles. The van der Waals surface area contributed by atoms with Gasteiger partial charge in [0.15, 0.2) is 11.6 Å². The molecule has 2 N–H and O–H groups in total. The van der Waals surface area contributed by atoms with E-state index in [1.807, 2.05) is 6.92 Å². The van der Waals surface area contributed by atoms with Crippen molar-refractivity contribution in [2.75, 3.05) is 26.2 Å². The lowest BCUT2D eigenvalue weighted by molar-refractivity contribution is 0.162. The first-order valence-electron chi connectivity index (χ1n) is 6.26. The van der Waals surface area contributed by atoms with Gasteiger partial charge in [0.25, 0.3) is 0 Å². The lowest BCUT2D eigenvalue weighted by Crippen LogP contribution is -2.45. The van der Waals surface area contributed by atoms with E-state index in [0.29, 0.717) is 6.42 Å². The molecule has 1 aliphatic rings. The van der Waals surface area contributed by atoms with Gasteiger partial charge in [-0.1, -0.05) is 6.92 Å². The number of aromatic hydroxyl groups is 1. The number of halogens is 4. The van der Waals surface area contributed by atoms with Crippen molar-refractivity contribution in [1.29, 1.82) is 0 Å². The third kappa shape index (κ3) is 3.95. The van der Waals surface area contributed by atoms with Crippen LogP contribution in [-0.2, 0) is 0 Å². The number of hydrogen-bond donors (Lipinski definition) is 2. The van der Waals surface area contributed by atoms with Crippen LogP contribution in [0.2, 0.25) is 0 Å². The zero-order chi connectivity index (χ0) is 13.1. The second-order valence-electron chi connectivity index (χ2n) is 4.50. The molecule has 0 amide bonds. The minimum atomic E-state index is -0.764. The molecule has 0 unspecified atom stereocenters. The topological polar surface area (TPSA) is 35.5 Å². The van der Waals surface area contributed by atoms with E-state index in [0.717, 1.165) is 38.3 Å². The summed E-state index contributed by atoms with van der Waals surface area (Å²) in [5.74, 6) is -1.86. The smallest absolute Gasteiger partial charge is 0.165 e. The first-order chi connectivity index (χ1) is 8.65. The average Bonchev–Trinajstić information content (AvgIpc) is 2.40. The highest BCUT2D eigenvalue weighted by molar-refractivity contribution is 5.85. The molecule has 2 rings (SSSR count). The van der Waals surface area contributed by atoms with Crippen LogP contribution in [0.1, 0.15) is 24.9 Å². The zero-order valence-corrected chi connectivity index (χ0v) is 12.9. The van der Waals surface area contributed by atoms with Crippen LogP contribution >= 0.6 is 24.8 Å². The highest BCUT2D eigenvalue weighted by Crippen LogP contribution is 2.35. The summed E-state index contributed by atoms with van der Waals surface area (Å²) in [5.41, 5.74) is 0.0828. The van der Waals surface area contributed by atoms with E-state index >= 15 is 0 Å². The number of piperazine rings is 1. The molecule has 0 bridgehead atoms. The summed E-state index contributed by atoms with van der Waals surface area (Å²) in [6.07, 6.45) is 0.633. The average molecular weight is 329 g/mol. The number of hydrogen-bond acceptors (Lipinski definition) is 3. The van der Waals surface area contributed by atoms with Gasteiger partial charge in [-0.3, -0.25) is 4.90 Å². The van der Waals surface area contributed by atoms with Gasteiger partial charge in [0, 0.05) is 37.8 Å². The molecule has 1 saturated heterocycles. The van der Waals surface area contributed by atoms with Crippen molar-refractivity contribution in [3.63, 3.8) is 0 Å². The summed E-state index contributed by atoms with van der Waals surface area (Å²) in [4.78, 5) is 2.08. The third-order valence-electron chi connectivity index (χ3n) is 3.43. The fourth-order valence-corrected chi connectivity index (χ4v) is 2.51. The quantitative estimate of drug-likeness (QED) is 0.895. The van der Waals surface area contributed by atoms with E-state index in [1.54, 1.807) is 0 Å². The Balaban J connectivity index is 0.00000180. The maximum Gasteiger partial charge on any atom is 0.165 e. The number of phenolic OH excluding ortho intramolecular Hbond substituents is 1. The largest absolute Gasteiger partial charge is 0.505 e. The first-order valence-corrected chi connectivity index (χ1v) is 6.26. The molecule has 0 radical (unpaired) electrons. The number of benzene rings is 1. The molecule has 0 aromatic heterocycles. The van der Waals surface area contributed by atoms with Crippen molar-refractivity contribution in [1.82, 2.24) is 10.2 Å². The van der Waals surface area contributed by atoms with Gasteiger partial charge >= 0.3 is 0 Å². The van der Waals surface area contributed by atoms with Crippen molar-refractivity contribution >= 4 is 24.8 Å². The summed E-state index contributed by atoms with van der Waals surface area (Å²) in [5, 5.41) is 13.0. The Morgan fingerprint density at radius 3 is 2.30 bits per heavy atom. The summed E-state index contributed by atoms with van der Waals surface area (Å²) in [7, 11) is 0. The van der Waals surface area contributed by atoms with Crippen molar-refractivity contribution in [3.8, 4) is 5.75 Å². The van der Waals surface area contributed by atoms with Crippen LogP contribution in [-0.4, -0.2) is 36.2 Å². The highest BCUT2D eigenvalue weighted by atomic mass is 35.5. The van der Waals surface area contributed by atoms with Gasteiger partial charge in [0.2, 0.25) is 0 Å². The molecule has 1 atom stereocenters. The summed E-state index contributed by atoms with van der Waals surface area (Å²) >= 11 is 0. The van der Waals surface area contributed by atoms with Gasteiger partial charge in [0.05, 0.1) is 0 Å². The monoisotopic (exact) mass is 328 g/mol. The maximum absolute atomic E-state index is 13.9. The molecule has 1 aromatic rings. The van der Waals surface area contributed by atoms with Crippen LogP contribution < -0.4 is 5.32 Å². The van der Waals surface area contributed by atoms with Crippen LogP contribution in [0.25, 0.3) is 0 Å². The lowest BCUT2D eigenvalue weighted by Gasteiger charge is -2.35. The molecule has 20 heavy (non-hydrogen) atoms. The molecular formula is C13H20Cl2F2N2O. The van der Waals surface area contributed by atoms with Gasteiger partial charge < -0.3 is 10.4 Å². The standard InChI is InChI=1S/C13H18F2N2O.2ClH/c1-2-11(17-7-5-16-6-8-17)12-9(14)3-4-10(15)13(12)18;;/h3-4,11,16,18H,2,5-8H2,1H3;2*1H/t11-;;/m1../s1. The molecule has 1 fully saturated rings. The molecule has 7 heteroatoms. The molecule has 1 aliphatic heterocycles. The minimum absolute atomic E-state index is 0. The van der Waals surface area contributed by atoms with Crippen molar-refractivity contribution in [2.24, 2.45) is 0 Å². The third-order valence-corrected chi connectivity index (χ3v) is 3.43. The van der Waals surface area contributed by atoms with Gasteiger partial charge in [-0.05, 0) is 18.6 Å². The van der Waals surface area contributed by atoms with Gasteiger partial charge in [-0.25, -0.2) is 8.78 Å². The number of nitrogens with zero attached hydrogens (tertiary/aromatic N) is 1. The molecule has 3 nitrogen and oxygen atoms in total. The Morgan fingerprint density at radius 2 is 1.75 bits per heavy atom. The van der Waals surface area contributed by atoms with Crippen molar-refractivity contribution in [2.45, 2.75) is 19.4 Å². The molecule has 116 valence electrons. The Labute approximate surface area is 130 Å².